The number of fused-ring (bicyclic) bond motifs is 2. The van der Waals surface area contributed by atoms with Gasteiger partial charge in [-0.2, -0.15) is 0 Å². The second-order valence-electron chi connectivity index (χ2n) is 9.88. The van der Waals surface area contributed by atoms with Gasteiger partial charge in [0, 0.05) is 25.3 Å². The number of hydrogen-bond donors (Lipinski definition) is 1. The van der Waals surface area contributed by atoms with Crippen LogP contribution in [0.2, 0.25) is 0 Å². The lowest BCUT2D eigenvalue weighted by molar-refractivity contribution is -0.128. The molecule has 1 N–H and O–H groups in total. The Morgan fingerprint density at radius 3 is 2.88 bits per heavy atom. The van der Waals surface area contributed by atoms with Crippen molar-refractivity contribution in [1.29, 1.82) is 0 Å². The third-order valence-electron chi connectivity index (χ3n) is 7.05. The molecule has 6 rings (SSSR count). The molecular formula is C31H28N8O2. The van der Waals surface area contributed by atoms with Gasteiger partial charge in [-0.1, -0.05) is 12.5 Å². The normalized spacial score (nSPS) is 14.9. The Hall–Kier alpha value is -5.30. The van der Waals surface area contributed by atoms with Gasteiger partial charge in [0.25, 0.3) is 0 Å². The molecule has 2 aromatic carbocycles. The lowest BCUT2D eigenvalue weighted by atomic mass is 10.0. The average molecular weight is 545 g/mol. The van der Waals surface area contributed by atoms with E-state index in [0.717, 1.165) is 53.0 Å². The predicted octanol–water partition coefficient (Wildman–Crippen LogP) is 5.07. The fourth-order valence-electron chi connectivity index (χ4n) is 4.90. The van der Waals surface area contributed by atoms with Gasteiger partial charge < -0.3 is 19.5 Å². The van der Waals surface area contributed by atoms with Crippen LogP contribution >= 0.6 is 0 Å². The number of benzene rings is 2. The van der Waals surface area contributed by atoms with E-state index in [1.807, 2.05) is 54.9 Å². The van der Waals surface area contributed by atoms with E-state index in [0.29, 0.717) is 29.2 Å². The first-order valence-corrected chi connectivity index (χ1v) is 13.4. The summed E-state index contributed by atoms with van der Waals surface area (Å²) in [6.45, 7) is 6.27. The van der Waals surface area contributed by atoms with Gasteiger partial charge in [-0.15, -0.1) is 0 Å². The number of piperidine rings is 1. The Balaban J connectivity index is 1.22. The minimum Gasteiger partial charge on any atom is -0.457 e. The van der Waals surface area contributed by atoms with Crippen molar-refractivity contribution in [2.24, 2.45) is 7.05 Å². The molecule has 1 atom stereocenters. The number of carbonyl (C=O) groups excluding carboxylic acids is 1. The Labute approximate surface area is 237 Å². The number of anilines is 2. The summed E-state index contributed by atoms with van der Waals surface area (Å²) in [6, 6.07) is 11.5. The van der Waals surface area contributed by atoms with Gasteiger partial charge in [-0.05, 0) is 74.1 Å². The van der Waals surface area contributed by atoms with Gasteiger partial charge in [0.15, 0.2) is 5.82 Å². The molecule has 1 unspecified atom stereocenters. The van der Waals surface area contributed by atoms with Crippen molar-refractivity contribution in [2.75, 3.05) is 11.9 Å². The smallest absolute Gasteiger partial charge is 0.246 e. The van der Waals surface area contributed by atoms with Crippen molar-refractivity contribution in [1.82, 2.24) is 34.4 Å². The largest absolute Gasteiger partial charge is 0.457 e. The molecule has 0 saturated carbocycles. The number of nitrogens with one attached hydrogen (secondary N) is 1. The topological polar surface area (TPSA) is 111 Å². The van der Waals surface area contributed by atoms with E-state index in [2.05, 4.69) is 48.7 Å². The summed E-state index contributed by atoms with van der Waals surface area (Å²) in [5.74, 6) is 8.47. The van der Waals surface area contributed by atoms with Crippen LogP contribution in [0.15, 0.2) is 67.9 Å². The molecule has 1 aliphatic heterocycles. The standard InChI is InChI=1S/C31H28N8O2/c1-4-29(40)39-14-6-5-7-22(39)9-13-28-32-17-25-30(37-28)31(34-18-33-25)36-21-8-12-27(20(2)15-21)41-23-10-11-26-24(16-23)35-19-38(26)3/h4,8,10-12,15-19,22H,1,5-7,14H2,2-3H3,(H,33,34,36). The fraction of sp³-hybridized carbons (Fsp3) is 0.226. The number of imidazole rings is 1. The molecule has 0 radical (unpaired) electrons. The highest BCUT2D eigenvalue weighted by Gasteiger charge is 2.23. The van der Waals surface area contributed by atoms with Crippen molar-refractivity contribution in [3.8, 4) is 23.3 Å². The zero-order valence-electron chi connectivity index (χ0n) is 22.8. The second kappa shape index (κ2) is 11.1. The Morgan fingerprint density at radius 1 is 1.12 bits per heavy atom. The third-order valence-corrected chi connectivity index (χ3v) is 7.05. The number of likely N-dealkylation sites (tertiary alicyclic amines) is 1. The zero-order valence-corrected chi connectivity index (χ0v) is 22.8. The number of carbonyl (C=O) groups is 1. The van der Waals surface area contributed by atoms with Crippen LogP contribution in [0.1, 0.15) is 30.7 Å². The van der Waals surface area contributed by atoms with Crippen LogP contribution in [0.3, 0.4) is 0 Å². The molecule has 10 nitrogen and oxygen atoms in total. The lowest BCUT2D eigenvalue weighted by Crippen LogP contribution is -2.42. The number of aryl methyl sites for hydroxylation is 2. The van der Waals surface area contributed by atoms with Crippen LogP contribution in [-0.4, -0.2) is 52.9 Å². The minimum atomic E-state index is -0.187. The number of rotatable bonds is 5. The molecule has 41 heavy (non-hydrogen) atoms. The van der Waals surface area contributed by atoms with E-state index in [1.54, 1.807) is 17.4 Å². The highest BCUT2D eigenvalue weighted by atomic mass is 16.5. The van der Waals surface area contributed by atoms with Crippen molar-refractivity contribution in [2.45, 2.75) is 32.2 Å². The molecule has 1 fully saturated rings. The average Bonchev–Trinajstić information content (AvgIpc) is 3.37. The van der Waals surface area contributed by atoms with E-state index >= 15 is 0 Å². The van der Waals surface area contributed by atoms with Gasteiger partial charge >= 0.3 is 0 Å². The van der Waals surface area contributed by atoms with E-state index in [9.17, 15) is 4.79 Å². The lowest BCUT2D eigenvalue weighted by Gasteiger charge is -2.31. The highest BCUT2D eigenvalue weighted by Crippen LogP contribution is 2.30. The maximum atomic E-state index is 12.2. The predicted molar refractivity (Wildman–Crippen MR) is 157 cm³/mol. The van der Waals surface area contributed by atoms with Crippen LogP contribution in [0, 0.1) is 18.8 Å². The first kappa shape index (κ1) is 26.0. The highest BCUT2D eigenvalue weighted by molar-refractivity contribution is 5.88. The van der Waals surface area contributed by atoms with E-state index in [4.69, 9.17) is 4.74 Å². The number of hydrogen-bond acceptors (Lipinski definition) is 8. The monoisotopic (exact) mass is 544 g/mol. The van der Waals surface area contributed by atoms with Crippen LogP contribution in [0.5, 0.6) is 11.5 Å². The zero-order chi connectivity index (χ0) is 28.3. The van der Waals surface area contributed by atoms with Crippen LogP contribution < -0.4 is 10.1 Å². The van der Waals surface area contributed by atoms with Crippen molar-refractivity contribution in [3.05, 3.63) is 79.3 Å². The maximum absolute atomic E-state index is 12.2. The van der Waals surface area contributed by atoms with Gasteiger partial charge in [0.2, 0.25) is 11.7 Å². The summed E-state index contributed by atoms with van der Waals surface area (Å²) in [5.41, 5.74) is 4.84. The number of aromatic nitrogens is 6. The summed E-state index contributed by atoms with van der Waals surface area (Å²) in [4.78, 5) is 36.1. The molecule has 1 saturated heterocycles. The molecule has 204 valence electrons. The number of nitrogens with zero attached hydrogens (tertiary/aromatic N) is 7. The molecule has 3 aromatic heterocycles. The molecule has 1 aliphatic rings. The Kier molecular flexibility index (Phi) is 7.00. The van der Waals surface area contributed by atoms with Crippen LogP contribution in [-0.2, 0) is 11.8 Å². The van der Waals surface area contributed by atoms with E-state index < -0.39 is 0 Å². The van der Waals surface area contributed by atoms with Gasteiger partial charge in [-0.3, -0.25) is 4.79 Å². The summed E-state index contributed by atoms with van der Waals surface area (Å²) >= 11 is 0. The van der Waals surface area contributed by atoms with Gasteiger partial charge in [0.05, 0.1) is 29.6 Å². The minimum absolute atomic E-state index is 0.107. The SMILES string of the molecule is C=CC(=O)N1CCCCC1C#Cc1ncc2ncnc(Nc3ccc(Oc4ccc5c(c4)ncn5C)c(C)c3)c2n1. The van der Waals surface area contributed by atoms with E-state index in [1.165, 1.54) is 12.4 Å². The van der Waals surface area contributed by atoms with Gasteiger partial charge in [0.1, 0.15) is 28.9 Å². The fourth-order valence-corrected chi connectivity index (χ4v) is 4.90. The molecule has 0 spiro atoms. The molecule has 10 heteroatoms. The summed E-state index contributed by atoms with van der Waals surface area (Å²) in [7, 11) is 1.96. The number of amides is 1. The first-order chi connectivity index (χ1) is 20.0. The Morgan fingerprint density at radius 2 is 2.02 bits per heavy atom. The summed E-state index contributed by atoms with van der Waals surface area (Å²) in [6.07, 6.45) is 9.02. The molecule has 4 heterocycles. The van der Waals surface area contributed by atoms with Crippen molar-refractivity contribution in [3.63, 3.8) is 0 Å². The second-order valence-corrected chi connectivity index (χ2v) is 9.88. The molecule has 1 amide bonds. The third kappa shape index (κ3) is 5.43. The molecular weight excluding hydrogens is 516 g/mol. The van der Waals surface area contributed by atoms with E-state index in [-0.39, 0.29) is 11.9 Å². The first-order valence-electron chi connectivity index (χ1n) is 13.4. The van der Waals surface area contributed by atoms with Crippen molar-refractivity contribution < 1.29 is 9.53 Å². The molecule has 0 bridgehead atoms. The molecule has 0 aliphatic carbocycles. The van der Waals surface area contributed by atoms with Crippen molar-refractivity contribution >= 4 is 39.5 Å². The number of ether oxygens (including phenoxy) is 1. The molecule has 5 aromatic rings. The van der Waals surface area contributed by atoms with Gasteiger partial charge in [-0.25, -0.2) is 24.9 Å². The maximum Gasteiger partial charge on any atom is 0.246 e. The van der Waals surface area contributed by atoms with Crippen LogP contribution in [0.25, 0.3) is 22.1 Å². The Bertz CT molecular complexity index is 1850. The quantitative estimate of drug-likeness (QED) is 0.241. The summed E-state index contributed by atoms with van der Waals surface area (Å²) < 4.78 is 8.13. The summed E-state index contributed by atoms with van der Waals surface area (Å²) in [5, 5.41) is 3.35. The van der Waals surface area contributed by atoms with Crippen LogP contribution in [0.4, 0.5) is 11.5 Å².